The van der Waals surface area contributed by atoms with Crippen molar-refractivity contribution in [1.29, 1.82) is 0 Å². The Labute approximate surface area is 192 Å². The average molecular weight is 502 g/mol. The van der Waals surface area contributed by atoms with Crippen LogP contribution in [0.2, 0.25) is 0 Å². The fourth-order valence-corrected chi connectivity index (χ4v) is 4.56. The van der Waals surface area contributed by atoms with Crippen LogP contribution in [-0.2, 0) is 9.53 Å². The molecule has 0 fully saturated rings. The second kappa shape index (κ2) is 9.76. The van der Waals surface area contributed by atoms with E-state index in [1.54, 1.807) is 49.1 Å². The number of rotatable bonds is 7. The molecule has 0 aromatic heterocycles. The topological polar surface area (TPSA) is 116 Å². The van der Waals surface area contributed by atoms with E-state index < -0.39 is 21.7 Å². The number of nitro benzene ring substituents is 1. The monoisotopic (exact) mass is 503 g/mol. The molecule has 1 aliphatic heterocycles. The molecule has 10 heteroatoms. The number of benzene rings is 2. The van der Waals surface area contributed by atoms with E-state index in [9.17, 15) is 25.0 Å². The minimum atomic E-state index is -1.14. The molecular formula is C22H21N3O6Se. The van der Waals surface area contributed by atoms with Crippen LogP contribution in [-0.4, -0.2) is 48.8 Å². The Morgan fingerprint density at radius 2 is 1.78 bits per heavy atom. The number of ether oxygens (including phenoxy) is 1. The number of nitro groups is 2. The zero-order chi connectivity index (χ0) is 23.4. The van der Waals surface area contributed by atoms with Crippen LogP contribution in [0.25, 0.3) is 5.70 Å². The van der Waals surface area contributed by atoms with E-state index in [0.717, 1.165) is 0 Å². The van der Waals surface area contributed by atoms with Crippen molar-refractivity contribution >= 4 is 33.4 Å². The summed E-state index contributed by atoms with van der Waals surface area (Å²) in [5.74, 6) is -1.85. The summed E-state index contributed by atoms with van der Waals surface area (Å²) in [6, 6.07) is 14.6. The molecule has 0 amide bonds. The summed E-state index contributed by atoms with van der Waals surface area (Å²) in [6.45, 7) is 3.33. The summed E-state index contributed by atoms with van der Waals surface area (Å²) >= 11 is 2.35. The number of allylic oxidation sites excluding steroid dienone is 2. The Morgan fingerprint density at radius 1 is 1.09 bits per heavy atom. The van der Waals surface area contributed by atoms with Gasteiger partial charge < -0.3 is 0 Å². The second-order valence-electron chi connectivity index (χ2n) is 6.93. The quantitative estimate of drug-likeness (QED) is 0.247. The summed E-state index contributed by atoms with van der Waals surface area (Å²) < 4.78 is 5.31. The number of hydrogen-bond acceptors (Lipinski definition) is 7. The molecule has 1 unspecified atom stereocenters. The summed E-state index contributed by atoms with van der Waals surface area (Å²) in [6.07, 6.45) is 0. The third-order valence-corrected chi connectivity index (χ3v) is 5.75. The van der Waals surface area contributed by atoms with E-state index in [4.69, 9.17) is 4.74 Å². The van der Waals surface area contributed by atoms with Crippen molar-refractivity contribution in [2.75, 3.05) is 12.1 Å². The van der Waals surface area contributed by atoms with Crippen LogP contribution in [0.15, 0.2) is 71.6 Å². The fraction of sp³-hybridized carbons (Fsp3) is 0.227. The van der Waals surface area contributed by atoms with Crippen molar-refractivity contribution in [2.24, 2.45) is 0 Å². The molecule has 9 nitrogen and oxygen atoms in total. The van der Waals surface area contributed by atoms with Crippen molar-refractivity contribution in [2.45, 2.75) is 19.8 Å². The van der Waals surface area contributed by atoms with Crippen LogP contribution in [0.3, 0.4) is 0 Å². The van der Waals surface area contributed by atoms with E-state index in [0.29, 0.717) is 22.4 Å². The number of non-ortho nitro benzene ring substituents is 1. The first-order chi connectivity index (χ1) is 15.3. The molecule has 2 aromatic carbocycles. The van der Waals surface area contributed by atoms with Crippen molar-refractivity contribution < 1.29 is 19.4 Å². The molecule has 0 saturated heterocycles. The van der Waals surface area contributed by atoms with Gasteiger partial charge in [0.2, 0.25) is 0 Å². The Morgan fingerprint density at radius 3 is 2.34 bits per heavy atom. The zero-order valence-corrected chi connectivity index (χ0v) is 19.3. The van der Waals surface area contributed by atoms with Gasteiger partial charge in [-0.15, -0.1) is 0 Å². The predicted octanol–water partition coefficient (Wildman–Crippen LogP) is 3.33. The Balaban J connectivity index is 2.42. The van der Waals surface area contributed by atoms with Gasteiger partial charge in [-0.3, -0.25) is 0 Å². The summed E-state index contributed by atoms with van der Waals surface area (Å²) in [5.41, 5.74) is 1.71. The molecular weight excluding hydrogens is 481 g/mol. The van der Waals surface area contributed by atoms with Crippen molar-refractivity contribution in [3.8, 4) is 0 Å². The van der Waals surface area contributed by atoms with E-state index in [1.165, 1.54) is 18.2 Å². The zero-order valence-electron chi connectivity index (χ0n) is 17.4. The maximum absolute atomic E-state index is 13.2. The number of carbonyl (C=O) groups excluding carboxylic acids is 1. The van der Waals surface area contributed by atoms with Crippen LogP contribution in [0, 0.1) is 20.2 Å². The van der Waals surface area contributed by atoms with Crippen molar-refractivity contribution in [3.05, 3.63) is 103 Å². The summed E-state index contributed by atoms with van der Waals surface area (Å²) in [4.78, 5) is 37.4. The van der Waals surface area contributed by atoms with E-state index in [-0.39, 0.29) is 29.1 Å². The molecule has 3 rings (SSSR count). The molecule has 0 bridgehead atoms. The van der Waals surface area contributed by atoms with E-state index in [1.807, 2.05) is 6.07 Å². The minimum absolute atomic E-state index is 0.0712. The molecule has 0 saturated carbocycles. The van der Waals surface area contributed by atoms with Crippen LogP contribution in [0.1, 0.15) is 30.9 Å². The fourth-order valence-electron chi connectivity index (χ4n) is 3.82. The molecule has 0 aliphatic carbocycles. The van der Waals surface area contributed by atoms with Gasteiger partial charge in [-0.1, -0.05) is 0 Å². The SMILES string of the molecule is CCOC(=O)C1=C(c2ccccc2)N(C[SeH])C(C)=C([N+](=O)[O-])C1c1cccc([N+](=O)[O-])c1. The van der Waals surface area contributed by atoms with Gasteiger partial charge in [0, 0.05) is 0 Å². The molecule has 0 N–H and O–H groups in total. The molecule has 1 aliphatic rings. The van der Waals surface area contributed by atoms with Gasteiger partial charge in [0.05, 0.1) is 0 Å². The molecule has 166 valence electrons. The van der Waals surface area contributed by atoms with Gasteiger partial charge in [0.25, 0.3) is 0 Å². The standard InChI is InChI=1S/C22H21N3O6Se/c1-3-31-22(26)19-18(16-10-7-11-17(12-16)24(27)28)20(25(29)30)14(2)23(13-32)21(19)15-8-5-4-6-9-15/h4-12,18,32H,3,13H2,1-2H3. The second-order valence-corrected chi connectivity index (χ2v) is 7.52. The first-order valence-electron chi connectivity index (χ1n) is 9.76. The van der Waals surface area contributed by atoms with Crippen LogP contribution in [0.4, 0.5) is 5.69 Å². The van der Waals surface area contributed by atoms with Crippen molar-refractivity contribution in [3.63, 3.8) is 0 Å². The predicted molar refractivity (Wildman–Crippen MR) is 119 cm³/mol. The Kier molecular flexibility index (Phi) is 7.07. The summed E-state index contributed by atoms with van der Waals surface area (Å²) in [5, 5.41) is 23.6. The first kappa shape index (κ1) is 23.2. The third kappa shape index (κ3) is 4.28. The number of carbonyl (C=O) groups is 1. The van der Waals surface area contributed by atoms with Crippen molar-refractivity contribution in [1.82, 2.24) is 4.90 Å². The summed E-state index contributed by atoms with van der Waals surface area (Å²) in [7, 11) is 0. The van der Waals surface area contributed by atoms with Gasteiger partial charge in [-0.05, 0) is 0 Å². The van der Waals surface area contributed by atoms with E-state index in [2.05, 4.69) is 16.0 Å². The molecule has 0 spiro atoms. The average Bonchev–Trinajstić information content (AvgIpc) is 2.78. The van der Waals surface area contributed by atoms with E-state index >= 15 is 0 Å². The molecule has 1 atom stereocenters. The van der Waals surface area contributed by atoms with Gasteiger partial charge in [-0.25, -0.2) is 0 Å². The van der Waals surface area contributed by atoms with Gasteiger partial charge in [-0.2, -0.15) is 0 Å². The molecule has 32 heavy (non-hydrogen) atoms. The number of hydrogen-bond donors (Lipinski definition) is 0. The van der Waals surface area contributed by atoms with Gasteiger partial charge in [0.15, 0.2) is 0 Å². The number of esters is 1. The normalized spacial score (nSPS) is 16.2. The van der Waals surface area contributed by atoms with Gasteiger partial charge in [0.1, 0.15) is 0 Å². The number of nitrogens with zero attached hydrogens (tertiary/aromatic N) is 3. The maximum atomic E-state index is 13.2. The third-order valence-electron chi connectivity index (χ3n) is 5.16. The molecule has 1 heterocycles. The first-order valence-corrected chi connectivity index (χ1v) is 11.1. The van der Waals surface area contributed by atoms with Crippen LogP contribution >= 0.6 is 0 Å². The van der Waals surface area contributed by atoms with Crippen LogP contribution in [0.5, 0.6) is 0 Å². The molecule has 2 aromatic rings. The Bertz CT molecular complexity index is 1130. The molecule has 0 radical (unpaired) electrons. The van der Waals surface area contributed by atoms with Crippen LogP contribution < -0.4 is 0 Å². The Hall–Kier alpha value is -3.49. The van der Waals surface area contributed by atoms with Gasteiger partial charge >= 0.3 is 192 Å².